The summed E-state index contributed by atoms with van der Waals surface area (Å²) in [6.45, 7) is 0.217. The largest absolute Gasteiger partial charge is 0.468 e. The molecule has 0 bridgehead atoms. The van der Waals surface area contributed by atoms with Crippen LogP contribution in [0, 0.1) is 0 Å². The van der Waals surface area contributed by atoms with E-state index < -0.39 is 5.97 Å². The Kier molecular flexibility index (Phi) is 9.26. The predicted octanol–water partition coefficient (Wildman–Crippen LogP) is 4.59. The molecule has 7 nitrogen and oxygen atoms in total. The molecule has 3 aromatic carbocycles. The maximum atomic E-state index is 12.8. The Hall–Kier alpha value is -3.39. The molecule has 33 heavy (non-hydrogen) atoms. The number of carbonyl (C=O) groups is 1. The molecule has 0 aliphatic rings. The Balaban J connectivity index is 2.02. The van der Waals surface area contributed by atoms with Gasteiger partial charge in [0.05, 0.1) is 5.56 Å². The zero-order chi connectivity index (χ0) is 23.5. The summed E-state index contributed by atoms with van der Waals surface area (Å²) in [5.74, 6) is 0.702. The molecule has 3 rings (SSSR count). The van der Waals surface area contributed by atoms with Crippen LogP contribution in [0.15, 0.2) is 72.8 Å². The number of carbonyl (C=O) groups excluding carboxylic acids is 1. The Morgan fingerprint density at radius 3 is 1.64 bits per heavy atom. The van der Waals surface area contributed by atoms with Gasteiger partial charge in [-0.1, -0.05) is 42.5 Å². The van der Waals surface area contributed by atoms with Crippen LogP contribution in [-0.2, 0) is 18.9 Å². The maximum Gasteiger partial charge on any atom is 0.340 e. The van der Waals surface area contributed by atoms with Crippen molar-refractivity contribution in [3.63, 3.8) is 0 Å². The number of benzene rings is 3. The summed E-state index contributed by atoms with van der Waals surface area (Å²) in [6, 6.07) is 22.8. The molecule has 0 saturated carbocycles. The number of ether oxygens (including phenoxy) is 6. The highest BCUT2D eigenvalue weighted by Crippen LogP contribution is 2.36. The molecular weight excluding hydrogens is 424 g/mol. The number of hydrogen-bond acceptors (Lipinski definition) is 7. The molecule has 0 unspecified atom stereocenters. The van der Waals surface area contributed by atoms with E-state index in [2.05, 4.69) is 0 Å². The topological polar surface area (TPSA) is 72.5 Å². The number of rotatable bonds is 12. The molecule has 3 aromatic rings. The monoisotopic (exact) mass is 452 g/mol. The minimum absolute atomic E-state index is 0.116. The van der Waals surface area contributed by atoms with Gasteiger partial charge in [-0.25, -0.2) is 4.79 Å². The first-order valence-electron chi connectivity index (χ1n) is 10.4. The quantitative estimate of drug-likeness (QED) is 0.226. The van der Waals surface area contributed by atoms with Crippen LogP contribution in [0.5, 0.6) is 11.5 Å². The third kappa shape index (κ3) is 6.55. The van der Waals surface area contributed by atoms with Crippen molar-refractivity contribution in [1.82, 2.24) is 0 Å². The van der Waals surface area contributed by atoms with Gasteiger partial charge in [-0.05, 0) is 47.0 Å². The van der Waals surface area contributed by atoms with Gasteiger partial charge in [0, 0.05) is 27.2 Å². The van der Waals surface area contributed by atoms with E-state index in [0.29, 0.717) is 17.1 Å². The highest BCUT2D eigenvalue weighted by molar-refractivity contribution is 5.91. The van der Waals surface area contributed by atoms with E-state index in [-0.39, 0.29) is 26.3 Å². The first-order chi connectivity index (χ1) is 16.2. The molecule has 0 aliphatic heterocycles. The lowest BCUT2D eigenvalue weighted by Crippen LogP contribution is -2.14. The molecule has 0 saturated heterocycles. The van der Waals surface area contributed by atoms with Crippen LogP contribution in [0.3, 0.4) is 0 Å². The zero-order valence-corrected chi connectivity index (χ0v) is 19.0. The van der Waals surface area contributed by atoms with E-state index in [1.54, 1.807) is 20.3 Å². The van der Waals surface area contributed by atoms with E-state index >= 15 is 0 Å². The van der Waals surface area contributed by atoms with Crippen molar-refractivity contribution < 1.29 is 33.2 Å². The lowest BCUT2D eigenvalue weighted by atomic mass is 9.83. The third-order valence-electron chi connectivity index (χ3n) is 4.91. The fourth-order valence-corrected chi connectivity index (χ4v) is 3.44. The van der Waals surface area contributed by atoms with E-state index in [1.807, 2.05) is 66.7 Å². The standard InChI is InChI=1S/C26H28O7/c1-28-16-31-21-12-8-19(9-13-21)25(20-10-14-22(15-11-20)32-17-29-2)23-6-4-5-7-24(23)26(27)33-18-30-3/h4-15,25H,16-18H2,1-3H3. The van der Waals surface area contributed by atoms with Crippen LogP contribution >= 0.6 is 0 Å². The fraction of sp³-hybridized carbons (Fsp3) is 0.269. The fourth-order valence-electron chi connectivity index (χ4n) is 3.44. The van der Waals surface area contributed by atoms with E-state index in [4.69, 9.17) is 28.4 Å². The second kappa shape index (κ2) is 12.6. The van der Waals surface area contributed by atoms with E-state index in [1.165, 1.54) is 7.11 Å². The molecule has 0 radical (unpaired) electrons. The molecular formula is C26H28O7. The van der Waals surface area contributed by atoms with Gasteiger partial charge in [0.15, 0.2) is 20.4 Å². The van der Waals surface area contributed by atoms with Gasteiger partial charge in [0.2, 0.25) is 0 Å². The van der Waals surface area contributed by atoms with Crippen molar-refractivity contribution in [2.24, 2.45) is 0 Å². The van der Waals surface area contributed by atoms with Crippen molar-refractivity contribution in [2.75, 3.05) is 41.7 Å². The first kappa shape index (κ1) is 24.3. The molecule has 0 heterocycles. The molecule has 0 amide bonds. The van der Waals surface area contributed by atoms with Crippen LogP contribution in [0.25, 0.3) is 0 Å². The molecule has 174 valence electrons. The summed E-state index contributed by atoms with van der Waals surface area (Å²) in [5.41, 5.74) is 3.25. The summed E-state index contributed by atoms with van der Waals surface area (Å²) >= 11 is 0. The second-order valence-corrected chi connectivity index (χ2v) is 7.10. The molecule has 0 N–H and O–H groups in total. The maximum absolute atomic E-state index is 12.8. The smallest absolute Gasteiger partial charge is 0.340 e. The highest BCUT2D eigenvalue weighted by Gasteiger charge is 2.23. The normalized spacial score (nSPS) is 10.8. The minimum atomic E-state index is -0.447. The van der Waals surface area contributed by atoms with Gasteiger partial charge >= 0.3 is 5.97 Å². The Labute approximate surface area is 193 Å². The zero-order valence-electron chi connectivity index (χ0n) is 19.0. The first-order valence-corrected chi connectivity index (χ1v) is 10.4. The molecule has 0 aliphatic carbocycles. The third-order valence-corrected chi connectivity index (χ3v) is 4.91. The molecule has 0 spiro atoms. The van der Waals surface area contributed by atoms with Crippen LogP contribution < -0.4 is 9.47 Å². The summed E-state index contributed by atoms with van der Waals surface area (Å²) < 4.78 is 31.1. The Morgan fingerprint density at radius 1 is 0.667 bits per heavy atom. The van der Waals surface area contributed by atoms with Crippen LogP contribution in [-0.4, -0.2) is 47.7 Å². The lowest BCUT2D eigenvalue weighted by molar-refractivity contribution is -0.0126. The van der Waals surface area contributed by atoms with Crippen LogP contribution in [0.2, 0.25) is 0 Å². The van der Waals surface area contributed by atoms with Gasteiger partial charge in [0.1, 0.15) is 11.5 Å². The summed E-state index contributed by atoms with van der Waals surface area (Å²) in [6.07, 6.45) is 0. The van der Waals surface area contributed by atoms with Crippen LogP contribution in [0.1, 0.15) is 33.0 Å². The SMILES string of the molecule is COCOC(=O)c1ccccc1C(c1ccc(OCOC)cc1)c1ccc(OCOC)cc1. The van der Waals surface area contributed by atoms with Gasteiger partial charge in [0.25, 0.3) is 0 Å². The van der Waals surface area contributed by atoms with Gasteiger partial charge < -0.3 is 28.4 Å². The summed E-state index contributed by atoms with van der Waals surface area (Å²) in [5, 5.41) is 0. The Morgan fingerprint density at radius 2 is 1.15 bits per heavy atom. The number of hydrogen-bond donors (Lipinski definition) is 0. The van der Waals surface area contributed by atoms with E-state index in [0.717, 1.165) is 16.7 Å². The van der Waals surface area contributed by atoms with Gasteiger partial charge in [-0.15, -0.1) is 0 Å². The van der Waals surface area contributed by atoms with Crippen molar-refractivity contribution in [1.29, 1.82) is 0 Å². The molecule has 7 heteroatoms. The van der Waals surface area contributed by atoms with Crippen molar-refractivity contribution in [3.05, 3.63) is 95.1 Å². The van der Waals surface area contributed by atoms with E-state index in [9.17, 15) is 4.79 Å². The average molecular weight is 453 g/mol. The highest BCUT2D eigenvalue weighted by atomic mass is 16.7. The van der Waals surface area contributed by atoms with Crippen LogP contribution in [0.4, 0.5) is 0 Å². The lowest BCUT2D eigenvalue weighted by Gasteiger charge is -2.22. The summed E-state index contributed by atoms with van der Waals surface area (Å²) in [4.78, 5) is 12.8. The van der Waals surface area contributed by atoms with Gasteiger partial charge in [-0.3, -0.25) is 0 Å². The number of methoxy groups -OCH3 is 3. The molecule has 0 aromatic heterocycles. The minimum Gasteiger partial charge on any atom is -0.468 e. The molecule has 0 atom stereocenters. The molecule has 0 fully saturated rings. The number of esters is 1. The Bertz CT molecular complexity index is 948. The van der Waals surface area contributed by atoms with Crippen molar-refractivity contribution in [3.8, 4) is 11.5 Å². The van der Waals surface area contributed by atoms with Crippen molar-refractivity contribution in [2.45, 2.75) is 5.92 Å². The predicted molar refractivity (Wildman–Crippen MR) is 123 cm³/mol. The van der Waals surface area contributed by atoms with Gasteiger partial charge in [-0.2, -0.15) is 0 Å². The van der Waals surface area contributed by atoms with Crippen molar-refractivity contribution >= 4 is 5.97 Å². The second-order valence-electron chi connectivity index (χ2n) is 7.10. The summed E-state index contributed by atoms with van der Waals surface area (Å²) in [7, 11) is 4.62. The average Bonchev–Trinajstić information content (AvgIpc) is 2.86.